The molecule has 1 aliphatic heterocycles. The highest BCUT2D eigenvalue weighted by atomic mass is 79.9. The maximum Gasteiger partial charge on any atom is 0.165 e. The maximum atomic E-state index is 11.9. The first-order valence-corrected chi connectivity index (χ1v) is 6.03. The Morgan fingerprint density at radius 3 is 2.69 bits per heavy atom. The molecule has 1 unspecified atom stereocenters. The minimum Gasteiger partial charge on any atom is -0.376 e. The molecule has 0 aliphatic carbocycles. The number of rotatable bonds is 3. The van der Waals surface area contributed by atoms with E-state index in [0.717, 1.165) is 10.0 Å². The van der Waals surface area contributed by atoms with Gasteiger partial charge >= 0.3 is 0 Å². The standard InChI is InChI=1S/C12H13BrO3/c13-10-3-1-9(2-4-10)12(14)7-11-8-15-5-6-16-11/h1-4,11H,5-8H2. The van der Waals surface area contributed by atoms with Gasteiger partial charge in [-0.3, -0.25) is 4.79 Å². The van der Waals surface area contributed by atoms with Crippen molar-refractivity contribution >= 4 is 21.7 Å². The van der Waals surface area contributed by atoms with Crippen molar-refractivity contribution in [2.24, 2.45) is 0 Å². The summed E-state index contributed by atoms with van der Waals surface area (Å²) in [6, 6.07) is 7.36. The second-order valence-electron chi connectivity index (χ2n) is 3.70. The summed E-state index contributed by atoms with van der Waals surface area (Å²) in [5.41, 5.74) is 0.720. The fourth-order valence-electron chi connectivity index (χ4n) is 1.61. The number of carbonyl (C=O) groups excluding carboxylic acids is 1. The van der Waals surface area contributed by atoms with Crippen LogP contribution in [0.3, 0.4) is 0 Å². The van der Waals surface area contributed by atoms with Crippen LogP contribution in [0.15, 0.2) is 28.7 Å². The summed E-state index contributed by atoms with van der Waals surface area (Å²) in [6.07, 6.45) is 0.298. The highest BCUT2D eigenvalue weighted by molar-refractivity contribution is 9.10. The lowest BCUT2D eigenvalue weighted by Gasteiger charge is -2.22. The number of ketones is 1. The van der Waals surface area contributed by atoms with E-state index in [1.807, 2.05) is 24.3 Å². The summed E-state index contributed by atoms with van der Waals surface area (Å²) >= 11 is 3.34. The molecule has 16 heavy (non-hydrogen) atoms. The lowest BCUT2D eigenvalue weighted by Crippen LogP contribution is -2.30. The van der Waals surface area contributed by atoms with Gasteiger partial charge in [0.2, 0.25) is 0 Å². The van der Waals surface area contributed by atoms with Gasteiger partial charge in [-0.2, -0.15) is 0 Å². The minimum absolute atomic E-state index is 0.0927. The summed E-state index contributed by atoms with van der Waals surface area (Å²) in [7, 11) is 0. The molecule has 3 nitrogen and oxygen atoms in total. The van der Waals surface area contributed by atoms with Crippen molar-refractivity contribution < 1.29 is 14.3 Å². The molecule has 0 amide bonds. The Balaban J connectivity index is 1.94. The van der Waals surface area contributed by atoms with E-state index in [9.17, 15) is 4.79 Å². The van der Waals surface area contributed by atoms with E-state index in [4.69, 9.17) is 9.47 Å². The molecular formula is C12H13BrO3. The molecule has 0 saturated carbocycles. The fraction of sp³-hybridized carbons (Fsp3) is 0.417. The highest BCUT2D eigenvalue weighted by Gasteiger charge is 2.18. The minimum atomic E-state index is -0.0927. The molecule has 0 aromatic heterocycles. The fourth-order valence-corrected chi connectivity index (χ4v) is 1.88. The van der Waals surface area contributed by atoms with E-state index in [1.165, 1.54) is 0 Å². The number of hydrogen-bond acceptors (Lipinski definition) is 3. The number of benzene rings is 1. The third kappa shape index (κ3) is 3.14. The first-order chi connectivity index (χ1) is 7.75. The van der Waals surface area contributed by atoms with E-state index in [0.29, 0.717) is 26.2 Å². The average molecular weight is 285 g/mol. The largest absolute Gasteiger partial charge is 0.376 e. The van der Waals surface area contributed by atoms with Crippen LogP contribution in [0, 0.1) is 0 Å². The second-order valence-corrected chi connectivity index (χ2v) is 4.62. The molecule has 1 aromatic rings. The average Bonchev–Trinajstić information content (AvgIpc) is 2.31. The SMILES string of the molecule is O=C(CC1COCCO1)c1ccc(Br)cc1. The first-order valence-electron chi connectivity index (χ1n) is 5.24. The number of halogens is 1. The third-order valence-corrected chi connectivity index (χ3v) is 2.99. The van der Waals surface area contributed by atoms with E-state index < -0.39 is 0 Å². The summed E-state index contributed by atoms with van der Waals surface area (Å²) in [4.78, 5) is 11.9. The second kappa shape index (κ2) is 5.57. The van der Waals surface area contributed by atoms with Crippen LogP contribution < -0.4 is 0 Å². The molecule has 1 saturated heterocycles. The molecule has 4 heteroatoms. The molecule has 1 aliphatic rings. The zero-order valence-electron chi connectivity index (χ0n) is 8.82. The van der Waals surface area contributed by atoms with Crippen molar-refractivity contribution in [2.75, 3.05) is 19.8 Å². The van der Waals surface area contributed by atoms with Gasteiger partial charge < -0.3 is 9.47 Å². The van der Waals surface area contributed by atoms with Crippen molar-refractivity contribution in [3.8, 4) is 0 Å². The molecule has 1 heterocycles. The van der Waals surface area contributed by atoms with Crippen LogP contribution in [-0.4, -0.2) is 31.7 Å². The molecule has 0 bridgehead atoms. The van der Waals surface area contributed by atoms with Gasteiger partial charge in [-0.05, 0) is 12.1 Å². The van der Waals surface area contributed by atoms with Crippen LogP contribution in [0.2, 0.25) is 0 Å². The lowest BCUT2D eigenvalue weighted by molar-refractivity contribution is -0.0868. The normalized spacial score (nSPS) is 20.7. The van der Waals surface area contributed by atoms with E-state index in [-0.39, 0.29) is 11.9 Å². The molecule has 0 radical (unpaired) electrons. The molecule has 1 aromatic carbocycles. The highest BCUT2D eigenvalue weighted by Crippen LogP contribution is 2.14. The van der Waals surface area contributed by atoms with Crippen LogP contribution in [0.5, 0.6) is 0 Å². The van der Waals surface area contributed by atoms with Gasteiger partial charge in [0.1, 0.15) is 0 Å². The molecule has 2 rings (SSSR count). The monoisotopic (exact) mass is 284 g/mol. The van der Waals surface area contributed by atoms with Gasteiger partial charge in [0.25, 0.3) is 0 Å². The zero-order chi connectivity index (χ0) is 11.4. The van der Waals surface area contributed by atoms with E-state index >= 15 is 0 Å². The summed E-state index contributed by atoms with van der Waals surface area (Å²) < 4.78 is 11.7. The number of ether oxygens (including phenoxy) is 2. The quantitative estimate of drug-likeness (QED) is 0.800. The molecule has 86 valence electrons. The smallest absolute Gasteiger partial charge is 0.165 e. The van der Waals surface area contributed by atoms with Gasteiger partial charge in [-0.25, -0.2) is 0 Å². The zero-order valence-corrected chi connectivity index (χ0v) is 10.4. The summed E-state index contributed by atoms with van der Waals surface area (Å²) in [5, 5.41) is 0. The van der Waals surface area contributed by atoms with Gasteiger partial charge in [0.15, 0.2) is 5.78 Å². The lowest BCUT2D eigenvalue weighted by atomic mass is 10.1. The topological polar surface area (TPSA) is 35.5 Å². The Labute approximate surface area is 103 Å². The number of carbonyl (C=O) groups is 1. The van der Waals surface area contributed by atoms with Crippen LogP contribution in [0.4, 0.5) is 0 Å². The molecule has 1 fully saturated rings. The van der Waals surface area contributed by atoms with Crippen molar-refractivity contribution in [1.29, 1.82) is 0 Å². The van der Waals surface area contributed by atoms with Gasteiger partial charge in [-0.15, -0.1) is 0 Å². The van der Waals surface area contributed by atoms with Crippen LogP contribution >= 0.6 is 15.9 Å². The van der Waals surface area contributed by atoms with Crippen molar-refractivity contribution in [1.82, 2.24) is 0 Å². The maximum absolute atomic E-state index is 11.9. The molecule has 0 N–H and O–H groups in total. The predicted octanol–water partition coefficient (Wildman–Crippen LogP) is 2.44. The van der Waals surface area contributed by atoms with Crippen LogP contribution in [0.1, 0.15) is 16.8 Å². The summed E-state index contributed by atoms with van der Waals surface area (Å²) in [6.45, 7) is 1.73. The Morgan fingerprint density at radius 2 is 2.06 bits per heavy atom. The van der Waals surface area contributed by atoms with Crippen molar-refractivity contribution in [2.45, 2.75) is 12.5 Å². The summed E-state index contributed by atoms with van der Waals surface area (Å²) in [5.74, 6) is 0.100. The van der Waals surface area contributed by atoms with Crippen LogP contribution in [-0.2, 0) is 9.47 Å². The van der Waals surface area contributed by atoms with Crippen molar-refractivity contribution in [3.63, 3.8) is 0 Å². The molecule has 1 atom stereocenters. The van der Waals surface area contributed by atoms with Gasteiger partial charge in [0, 0.05) is 16.5 Å². The Morgan fingerprint density at radius 1 is 1.31 bits per heavy atom. The van der Waals surface area contributed by atoms with Gasteiger partial charge in [0.05, 0.1) is 25.9 Å². The Kier molecular flexibility index (Phi) is 4.09. The predicted molar refractivity (Wildman–Crippen MR) is 63.6 cm³/mol. The first kappa shape index (κ1) is 11.8. The Hall–Kier alpha value is -0.710. The number of hydrogen-bond donors (Lipinski definition) is 0. The number of Topliss-reactive ketones (excluding diaryl/α,β-unsaturated/α-hetero) is 1. The molecular weight excluding hydrogens is 272 g/mol. The van der Waals surface area contributed by atoms with E-state index in [1.54, 1.807) is 0 Å². The molecule has 0 spiro atoms. The van der Waals surface area contributed by atoms with Crippen molar-refractivity contribution in [3.05, 3.63) is 34.3 Å². The third-order valence-electron chi connectivity index (χ3n) is 2.46. The van der Waals surface area contributed by atoms with Crippen LogP contribution in [0.25, 0.3) is 0 Å². The Bertz CT molecular complexity index is 355. The van der Waals surface area contributed by atoms with E-state index in [2.05, 4.69) is 15.9 Å². The van der Waals surface area contributed by atoms with Gasteiger partial charge in [-0.1, -0.05) is 28.1 Å².